The number of hydrogen-bond acceptors (Lipinski definition) is 4. The molecule has 2 rings (SSSR count). The second-order valence-electron chi connectivity index (χ2n) is 4.40. The lowest BCUT2D eigenvalue weighted by Gasteiger charge is -2.19. The summed E-state index contributed by atoms with van der Waals surface area (Å²) in [5.74, 6) is 0.135. The third-order valence-corrected chi connectivity index (χ3v) is 3.91. The van der Waals surface area contributed by atoms with E-state index in [2.05, 4.69) is 5.10 Å². The van der Waals surface area contributed by atoms with Gasteiger partial charge in [-0.15, -0.1) is 0 Å². The van der Waals surface area contributed by atoms with Crippen molar-refractivity contribution in [2.75, 3.05) is 12.0 Å². The molecular weight excluding hydrogens is 226 g/mol. The van der Waals surface area contributed by atoms with Gasteiger partial charge in [-0.1, -0.05) is 0 Å². The first-order chi connectivity index (χ1) is 7.47. The van der Waals surface area contributed by atoms with E-state index in [1.807, 2.05) is 0 Å². The second kappa shape index (κ2) is 4.18. The first-order valence-corrected chi connectivity index (χ1v) is 7.51. The molecule has 1 aliphatic rings. The van der Waals surface area contributed by atoms with Crippen molar-refractivity contribution in [3.8, 4) is 0 Å². The third kappa shape index (κ3) is 2.44. The van der Waals surface area contributed by atoms with Gasteiger partial charge in [-0.25, -0.2) is 8.42 Å². The minimum atomic E-state index is -2.93. The van der Waals surface area contributed by atoms with Crippen LogP contribution < -0.4 is 5.73 Å². The maximum atomic E-state index is 11.1. The number of aromatic nitrogens is 2. The van der Waals surface area contributed by atoms with Crippen molar-refractivity contribution >= 4 is 9.84 Å². The Balaban J connectivity index is 2.17. The molecule has 90 valence electrons. The molecule has 0 saturated carbocycles. The maximum Gasteiger partial charge on any atom is 0.149 e. The first kappa shape index (κ1) is 11.6. The average Bonchev–Trinajstić information content (AvgIpc) is 2.58. The van der Waals surface area contributed by atoms with E-state index >= 15 is 0 Å². The van der Waals surface area contributed by atoms with Crippen molar-refractivity contribution < 1.29 is 8.42 Å². The highest BCUT2D eigenvalue weighted by Crippen LogP contribution is 2.27. The number of aryl methyl sites for hydroxylation is 1. The number of rotatable bonds is 3. The number of nitrogens with two attached hydrogens (primary N) is 1. The summed E-state index contributed by atoms with van der Waals surface area (Å²) in [4.78, 5) is 0. The zero-order valence-corrected chi connectivity index (χ0v) is 10.2. The molecule has 0 radical (unpaired) electrons. The molecule has 1 aromatic heterocycles. The highest BCUT2D eigenvalue weighted by atomic mass is 32.2. The van der Waals surface area contributed by atoms with E-state index in [0.717, 1.165) is 30.5 Å². The fourth-order valence-corrected chi connectivity index (χ4v) is 2.60. The van der Waals surface area contributed by atoms with Crippen molar-refractivity contribution in [3.05, 3.63) is 17.5 Å². The number of hydrogen-bond donors (Lipinski definition) is 1. The molecule has 0 aliphatic heterocycles. The van der Waals surface area contributed by atoms with Crippen LogP contribution in [0.5, 0.6) is 0 Å². The van der Waals surface area contributed by atoms with Gasteiger partial charge in [-0.2, -0.15) is 5.10 Å². The largest absolute Gasteiger partial charge is 0.324 e. The van der Waals surface area contributed by atoms with Crippen molar-refractivity contribution in [3.63, 3.8) is 0 Å². The molecule has 0 amide bonds. The van der Waals surface area contributed by atoms with E-state index in [4.69, 9.17) is 5.73 Å². The van der Waals surface area contributed by atoms with Gasteiger partial charge >= 0.3 is 0 Å². The van der Waals surface area contributed by atoms with Crippen LogP contribution in [-0.4, -0.2) is 30.2 Å². The number of nitrogens with zero attached hydrogens (tertiary/aromatic N) is 2. The summed E-state index contributed by atoms with van der Waals surface area (Å²) < 4.78 is 24.0. The van der Waals surface area contributed by atoms with Gasteiger partial charge in [-0.3, -0.25) is 4.68 Å². The Labute approximate surface area is 95.6 Å². The summed E-state index contributed by atoms with van der Waals surface area (Å²) in [6.45, 7) is 0.431. The topological polar surface area (TPSA) is 78.0 Å². The van der Waals surface area contributed by atoms with Crippen LogP contribution in [0.1, 0.15) is 30.1 Å². The van der Waals surface area contributed by atoms with Crippen molar-refractivity contribution in [1.82, 2.24) is 9.78 Å². The molecule has 0 fully saturated rings. The van der Waals surface area contributed by atoms with Crippen LogP contribution in [0.25, 0.3) is 0 Å². The minimum absolute atomic E-state index is 0.0655. The molecule has 0 bridgehead atoms. The zero-order valence-electron chi connectivity index (χ0n) is 9.39. The van der Waals surface area contributed by atoms with Gasteiger partial charge in [-0.05, 0) is 19.3 Å². The van der Waals surface area contributed by atoms with Gasteiger partial charge in [0.05, 0.1) is 18.5 Å². The molecule has 5 nitrogen and oxygen atoms in total. The van der Waals surface area contributed by atoms with Gasteiger partial charge in [0.1, 0.15) is 9.84 Å². The molecular formula is C10H17N3O2S. The Hall–Kier alpha value is -0.880. The second-order valence-corrected chi connectivity index (χ2v) is 6.66. The molecule has 0 spiro atoms. The standard InChI is InChI=1S/C10H17N3O2S/c1-16(14,15)6-5-13-10-4-2-3-9(11)8(10)7-12-13/h7,9H,2-6,11H2,1H3. The van der Waals surface area contributed by atoms with Crippen molar-refractivity contribution in [2.45, 2.75) is 31.8 Å². The van der Waals surface area contributed by atoms with Crippen molar-refractivity contribution in [1.29, 1.82) is 0 Å². The van der Waals surface area contributed by atoms with Gasteiger partial charge in [0.15, 0.2) is 0 Å². The summed E-state index contributed by atoms with van der Waals surface area (Å²) >= 11 is 0. The van der Waals surface area contributed by atoms with Crippen LogP contribution in [0.4, 0.5) is 0 Å². The maximum absolute atomic E-state index is 11.1. The van der Waals surface area contributed by atoms with E-state index < -0.39 is 9.84 Å². The highest BCUT2D eigenvalue weighted by molar-refractivity contribution is 7.90. The Morgan fingerprint density at radius 2 is 2.38 bits per heavy atom. The van der Waals surface area contributed by atoms with E-state index in [0.29, 0.717) is 6.54 Å². The molecule has 16 heavy (non-hydrogen) atoms. The fraction of sp³-hybridized carbons (Fsp3) is 0.700. The lowest BCUT2D eigenvalue weighted by molar-refractivity contribution is 0.529. The summed E-state index contributed by atoms with van der Waals surface area (Å²) in [5.41, 5.74) is 8.17. The summed E-state index contributed by atoms with van der Waals surface area (Å²) in [5, 5.41) is 4.22. The Bertz CT molecular complexity index is 478. The van der Waals surface area contributed by atoms with E-state index in [1.165, 1.54) is 6.26 Å². The van der Waals surface area contributed by atoms with Crippen LogP contribution >= 0.6 is 0 Å². The molecule has 0 aromatic carbocycles. The molecule has 1 aliphatic carbocycles. The molecule has 2 N–H and O–H groups in total. The van der Waals surface area contributed by atoms with E-state index in [1.54, 1.807) is 10.9 Å². The third-order valence-electron chi connectivity index (χ3n) is 2.98. The van der Waals surface area contributed by atoms with Gasteiger partial charge in [0.2, 0.25) is 0 Å². The summed E-state index contributed by atoms with van der Waals surface area (Å²) in [6.07, 6.45) is 6.02. The predicted octanol–water partition coefficient (Wildman–Crippen LogP) is 0.264. The molecule has 1 unspecified atom stereocenters. The SMILES string of the molecule is CS(=O)(=O)CCn1ncc2c1CCCC2N. The van der Waals surface area contributed by atoms with E-state index in [9.17, 15) is 8.42 Å². The monoisotopic (exact) mass is 243 g/mol. The van der Waals surface area contributed by atoms with Crippen LogP contribution in [0.15, 0.2) is 6.20 Å². The smallest absolute Gasteiger partial charge is 0.149 e. The molecule has 0 saturated heterocycles. The zero-order chi connectivity index (χ0) is 11.8. The van der Waals surface area contributed by atoms with Crippen molar-refractivity contribution in [2.24, 2.45) is 5.73 Å². The fourth-order valence-electron chi connectivity index (χ4n) is 2.10. The molecule has 6 heteroatoms. The predicted molar refractivity (Wildman–Crippen MR) is 61.8 cm³/mol. The molecule has 1 heterocycles. The highest BCUT2D eigenvalue weighted by Gasteiger charge is 2.21. The Kier molecular flexibility index (Phi) is 3.03. The minimum Gasteiger partial charge on any atom is -0.324 e. The summed E-state index contributed by atoms with van der Waals surface area (Å²) in [7, 11) is -2.93. The normalized spacial score (nSPS) is 20.8. The van der Waals surface area contributed by atoms with Crippen LogP contribution in [0.2, 0.25) is 0 Å². The molecule has 1 atom stereocenters. The first-order valence-electron chi connectivity index (χ1n) is 5.45. The number of sulfone groups is 1. The Morgan fingerprint density at radius 1 is 1.62 bits per heavy atom. The van der Waals surface area contributed by atoms with E-state index in [-0.39, 0.29) is 11.8 Å². The van der Waals surface area contributed by atoms with Crippen LogP contribution in [0.3, 0.4) is 0 Å². The number of fused-ring (bicyclic) bond motifs is 1. The van der Waals surface area contributed by atoms with Crippen LogP contribution in [-0.2, 0) is 22.8 Å². The Morgan fingerprint density at radius 3 is 3.06 bits per heavy atom. The quantitative estimate of drug-likeness (QED) is 0.826. The lowest BCUT2D eigenvalue weighted by atomic mass is 9.94. The average molecular weight is 243 g/mol. The van der Waals surface area contributed by atoms with Gasteiger partial charge in [0, 0.05) is 23.6 Å². The van der Waals surface area contributed by atoms with Gasteiger partial charge < -0.3 is 5.73 Å². The van der Waals surface area contributed by atoms with Gasteiger partial charge in [0.25, 0.3) is 0 Å². The lowest BCUT2D eigenvalue weighted by Crippen LogP contribution is -2.20. The molecule has 1 aromatic rings. The summed E-state index contributed by atoms with van der Waals surface area (Å²) in [6, 6.07) is 0.0655. The van der Waals surface area contributed by atoms with Crippen LogP contribution in [0, 0.1) is 0 Å².